The molecule has 30 heavy (non-hydrogen) atoms. The zero-order chi connectivity index (χ0) is 21.5. The van der Waals surface area contributed by atoms with E-state index in [0.29, 0.717) is 13.0 Å². The number of ether oxygens (including phenoxy) is 1. The molecule has 6 nitrogen and oxygen atoms in total. The minimum absolute atomic E-state index is 0.171. The van der Waals surface area contributed by atoms with Gasteiger partial charge in [0.1, 0.15) is 6.04 Å². The Morgan fingerprint density at radius 2 is 1.63 bits per heavy atom. The predicted molar refractivity (Wildman–Crippen MR) is 113 cm³/mol. The van der Waals surface area contributed by atoms with E-state index in [2.05, 4.69) is 5.32 Å². The van der Waals surface area contributed by atoms with Crippen LogP contribution in [0.5, 0.6) is 0 Å². The number of benzene rings is 2. The van der Waals surface area contributed by atoms with Crippen molar-refractivity contribution >= 4 is 17.8 Å². The van der Waals surface area contributed by atoms with Gasteiger partial charge in [0.2, 0.25) is 11.8 Å². The lowest BCUT2D eigenvalue weighted by molar-refractivity contribution is -0.159. The van der Waals surface area contributed by atoms with Crippen LogP contribution in [0.2, 0.25) is 0 Å². The number of esters is 1. The Kier molecular flexibility index (Phi) is 7.22. The molecule has 1 N–H and O–H groups in total. The number of hydrogen-bond acceptors (Lipinski definition) is 4. The van der Waals surface area contributed by atoms with Crippen LogP contribution in [-0.2, 0) is 32.1 Å². The summed E-state index contributed by atoms with van der Waals surface area (Å²) in [6.07, 6.45) is 0.774. The monoisotopic (exact) mass is 408 g/mol. The zero-order valence-electron chi connectivity index (χ0n) is 17.4. The first-order chi connectivity index (χ1) is 14.5. The van der Waals surface area contributed by atoms with Gasteiger partial charge in [0, 0.05) is 19.5 Å². The van der Waals surface area contributed by atoms with Gasteiger partial charge in [-0.2, -0.15) is 0 Å². The number of carbonyl (C=O) groups is 3. The molecule has 158 valence electrons. The summed E-state index contributed by atoms with van der Waals surface area (Å²) in [6.45, 7) is 3.78. The van der Waals surface area contributed by atoms with E-state index in [-0.39, 0.29) is 36.9 Å². The minimum Gasteiger partial charge on any atom is -0.466 e. The smallest absolute Gasteiger partial charge is 0.311 e. The maximum Gasteiger partial charge on any atom is 0.311 e. The molecule has 1 fully saturated rings. The van der Waals surface area contributed by atoms with Crippen LogP contribution in [0.25, 0.3) is 0 Å². The molecule has 3 atom stereocenters. The molecular formula is C24H28N2O4. The van der Waals surface area contributed by atoms with Crippen LogP contribution in [0.3, 0.4) is 0 Å². The molecule has 2 aromatic carbocycles. The molecule has 1 aliphatic heterocycles. The first-order valence-corrected chi connectivity index (χ1v) is 10.3. The van der Waals surface area contributed by atoms with Crippen molar-refractivity contribution in [3.05, 3.63) is 71.8 Å². The SMILES string of the molecule is CCOC(=O)[C@@H]1CC(NC(C)=O)C(=O)N(Cc2ccccc2)[C@@H]1Cc1ccccc1. The van der Waals surface area contributed by atoms with Gasteiger partial charge < -0.3 is 15.0 Å². The molecule has 0 spiro atoms. The molecule has 0 aliphatic carbocycles. The molecule has 0 bridgehead atoms. The molecule has 1 aliphatic rings. The molecule has 1 unspecified atom stereocenters. The molecule has 1 saturated heterocycles. The third-order valence-corrected chi connectivity index (χ3v) is 5.39. The Morgan fingerprint density at radius 3 is 2.20 bits per heavy atom. The van der Waals surface area contributed by atoms with Crippen molar-refractivity contribution < 1.29 is 19.1 Å². The second-order valence-corrected chi connectivity index (χ2v) is 7.56. The molecule has 6 heteroatoms. The number of nitrogens with one attached hydrogen (secondary N) is 1. The van der Waals surface area contributed by atoms with E-state index in [9.17, 15) is 14.4 Å². The van der Waals surface area contributed by atoms with Gasteiger partial charge in [-0.05, 0) is 30.9 Å². The summed E-state index contributed by atoms with van der Waals surface area (Å²) in [4.78, 5) is 39.6. The molecular weight excluding hydrogens is 380 g/mol. The van der Waals surface area contributed by atoms with Gasteiger partial charge >= 0.3 is 5.97 Å². The second-order valence-electron chi connectivity index (χ2n) is 7.56. The molecule has 0 aromatic heterocycles. The van der Waals surface area contributed by atoms with E-state index in [1.54, 1.807) is 11.8 Å². The number of hydrogen-bond donors (Lipinski definition) is 1. The third kappa shape index (κ3) is 5.26. The summed E-state index contributed by atoms with van der Waals surface area (Å²) in [7, 11) is 0. The van der Waals surface area contributed by atoms with Gasteiger partial charge in [-0.25, -0.2) is 0 Å². The van der Waals surface area contributed by atoms with Crippen molar-refractivity contribution in [2.75, 3.05) is 6.61 Å². The third-order valence-electron chi connectivity index (χ3n) is 5.39. The molecule has 2 amide bonds. The van der Waals surface area contributed by atoms with E-state index in [4.69, 9.17) is 4.74 Å². The lowest BCUT2D eigenvalue weighted by atomic mass is 9.82. The lowest BCUT2D eigenvalue weighted by Crippen LogP contribution is -2.61. The highest BCUT2D eigenvalue weighted by molar-refractivity contribution is 5.90. The van der Waals surface area contributed by atoms with E-state index < -0.39 is 12.0 Å². The zero-order valence-corrected chi connectivity index (χ0v) is 17.4. The molecule has 0 radical (unpaired) electrons. The highest BCUT2D eigenvalue weighted by Gasteiger charge is 2.45. The minimum atomic E-state index is -0.743. The summed E-state index contributed by atoms with van der Waals surface area (Å²) < 4.78 is 5.35. The number of nitrogens with zero attached hydrogens (tertiary/aromatic N) is 1. The number of rotatable bonds is 7. The molecule has 3 rings (SSSR count). The van der Waals surface area contributed by atoms with Gasteiger partial charge in [-0.15, -0.1) is 0 Å². The molecule has 1 heterocycles. The van der Waals surface area contributed by atoms with Crippen LogP contribution in [-0.4, -0.2) is 41.4 Å². The van der Waals surface area contributed by atoms with Crippen molar-refractivity contribution in [2.24, 2.45) is 5.92 Å². The van der Waals surface area contributed by atoms with Crippen molar-refractivity contribution in [2.45, 2.75) is 45.3 Å². The fourth-order valence-corrected chi connectivity index (χ4v) is 4.04. The van der Waals surface area contributed by atoms with E-state index in [1.807, 2.05) is 60.7 Å². The van der Waals surface area contributed by atoms with Crippen LogP contribution in [0, 0.1) is 5.92 Å². The predicted octanol–water partition coefficient (Wildman–Crippen LogP) is 2.71. The van der Waals surface area contributed by atoms with Crippen LogP contribution in [0.4, 0.5) is 0 Å². The van der Waals surface area contributed by atoms with E-state index in [1.165, 1.54) is 6.92 Å². The Hall–Kier alpha value is -3.15. The Labute approximate surface area is 177 Å². The normalized spacial score (nSPS) is 21.2. The number of carbonyl (C=O) groups excluding carboxylic acids is 3. The Balaban J connectivity index is 1.98. The second kappa shape index (κ2) is 10.1. The lowest BCUT2D eigenvalue weighted by Gasteiger charge is -2.43. The van der Waals surface area contributed by atoms with Crippen LogP contribution >= 0.6 is 0 Å². The van der Waals surface area contributed by atoms with Crippen LogP contribution < -0.4 is 5.32 Å². The average molecular weight is 408 g/mol. The highest BCUT2D eigenvalue weighted by atomic mass is 16.5. The van der Waals surface area contributed by atoms with Crippen molar-refractivity contribution in [3.8, 4) is 0 Å². The fraction of sp³-hybridized carbons (Fsp3) is 0.375. The van der Waals surface area contributed by atoms with Gasteiger partial charge in [0.25, 0.3) is 0 Å². The average Bonchev–Trinajstić information content (AvgIpc) is 2.74. The highest BCUT2D eigenvalue weighted by Crippen LogP contribution is 2.30. The van der Waals surface area contributed by atoms with Crippen molar-refractivity contribution in [1.82, 2.24) is 10.2 Å². The van der Waals surface area contributed by atoms with Crippen LogP contribution in [0.1, 0.15) is 31.4 Å². The van der Waals surface area contributed by atoms with Gasteiger partial charge in [0.05, 0.1) is 12.5 Å². The Morgan fingerprint density at radius 1 is 1.03 bits per heavy atom. The standard InChI is InChI=1S/C24H28N2O4/c1-3-30-24(29)20-15-21(25-17(2)27)23(28)26(16-19-12-8-5-9-13-19)22(20)14-18-10-6-4-7-11-18/h4-13,20-22H,3,14-16H2,1-2H3,(H,25,27)/t20-,21?,22-/m1/s1. The molecule has 2 aromatic rings. The molecule has 0 saturated carbocycles. The summed E-state index contributed by atoms with van der Waals surface area (Å²) in [6, 6.07) is 18.4. The summed E-state index contributed by atoms with van der Waals surface area (Å²) in [5.74, 6) is -1.32. The van der Waals surface area contributed by atoms with Gasteiger partial charge in [0.15, 0.2) is 0 Å². The Bertz CT molecular complexity index is 869. The summed E-state index contributed by atoms with van der Waals surface area (Å²) >= 11 is 0. The van der Waals surface area contributed by atoms with Gasteiger partial charge in [-0.3, -0.25) is 14.4 Å². The largest absolute Gasteiger partial charge is 0.466 e. The number of amides is 2. The van der Waals surface area contributed by atoms with Crippen molar-refractivity contribution in [3.63, 3.8) is 0 Å². The van der Waals surface area contributed by atoms with Crippen molar-refractivity contribution in [1.29, 1.82) is 0 Å². The first kappa shape index (κ1) is 21.6. The van der Waals surface area contributed by atoms with E-state index in [0.717, 1.165) is 11.1 Å². The van der Waals surface area contributed by atoms with Crippen LogP contribution in [0.15, 0.2) is 60.7 Å². The maximum atomic E-state index is 13.4. The maximum absolute atomic E-state index is 13.4. The number of piperidine rings is 1. The summed E-state index contributed by atoms with van der Waals surface area (Å²) in [5.41, 5.74) is 2.01. The first-order valence-electron chi connectivity index (χ1n) is 10.3. The fourth-order valence-electron chi connectivity index (χ4n) is 4.04. The summed E-state index contributed by atoms with van der Waals surface area (Å²) in [5, 5.41) is 2.72. The topological polar surface area (TPSA) is 75.7 Å². The number of likely N-dealkylation sites (tertiary alicyclic amines) is 1. The van der Waals surface area contributed by atoms with Gasteiger partial charge in [-0.1, -0.05) is 60.7 Å². The van der Waals surface area contributed by atoms with E-state index >= 15 is 0 Å². The quantitative estimate of drug-likeness (QED) is 0.715.